The number of nitrogens with one attached hydrogen (secondary N) is 1. The third-order valence-electron chi connectivity index (χ3n) is 3.21. The van der Waals surface area contributed by atoms with Gasteiger partial charge in [-0.05, 0) is 18.2 Å². The number of non-ortho nitro benzene ring substituents is 1. The summed E-state index contributed by atoms with van der Waals surface area (Å²) in [6, 6.07) is 6.02. The van der Waals surface area contributed by atoms with Crippen molar-refractivity contribution in [3.63, 3.8) is 0 Å². The van der Waals surface area contributed by atoms with Crippen molar-refractivity contribution in [2.75, 3.05) is 6.54 Å². The van der Waals surface area contributed by atoms with Crippen LogP contribution in [0.4, 0.5) is 14.5 Å². The van der Waals surface area contributed by atoms with Gasteiger partial charge in [0, 0.05) is 36.3 Å². The molecule has 0 fully saturated rings. The van der Waals surface area contributed by atoms with E-state index in [1.807, 2.05) is 0 Å². The maximum absolute atomic E-state index is 13.6. The van der Waals surface area contributed by atoms with E-state index >= 15 is 0 Å². The summed E-state index contributed by atoms with van der Waals surface area (Å²) in [7, 11) is -3.98. The van der Waals surface area contributed by atoms with Crippen molar-refractivity contribution in [2.45, 2.75) is 10.9 Å². The van der Waals surface area contributed by atoms with Crippen LogP contribution in [0, 0.1) is 21.7 Å². The highest BCUT2D eigenvalue weighted by molar-refractivity contribution is 7.89. The van der Waals surface area contributed by atoms with Gasteiger partial charge in [0.1, 0.15) is 11.6 Å². The molecule has 3 N–H and O–H groups in total. The largest absolute Gasteiger partial charge is 0.323 e. The first-order valence-electron chi connectivity index (χ1n) is 6.65. The topological polar surface area (TPSA) is 115 Å². The molecule has 0 aliphatic carbocycles. The van der Waals surface area contributed by atoms with E-state index < -0.39 is 32.6 Å². The van der Waals surface area contributed by atoms with E-state index in [4.69, 9.17) is 5.73 Å². The standard InChI is InChI=1S/C14H13F2N3O4S/c15-9-1-6-12(13(16)7-9)14(17)8-18-24(22,23)11-4-2-10(3-5-11)19(20)21/h1-7,14,18H,8,17H2/t14-/m1/s1. The number of hydrogen-bond donors (Lipinski definition) is 2. The molecule has 0 unspecified atom stereocenters. The zero-order chi connectivity index (χ0) is 17.9. The van der Waals surface area contributed by atoms with Gasteiger partial charge in [0.05, 0.1) is 9.82 Å². The van der Waals surface area contributed by atoms with Gasteiger partial charge >= 0.3 is 0 Å². The van der Waals surface area contributed by atoms with Gasteiger partial charge in [0.2, 0.25) is 10.0 Å². The second-order valence-electron chi connectivity index (χ2n) is 4.88. The first kappa shape index (κ1) is 17.9. The highest BCUT2D eigenvalue weighted by Gasteiger charge is 2.19. The Bertz CT molecular complexity index is 857. The highest BCUT2D eigenvalue weighted by Crippen LogP contribution is 2.18. The van der Waals surface area contributed by atoms with Crippen LogP contribution in [0.2, 0.25) is 0 Å². The minimum atomic E-state index is -3.98. The lowest BCUT2D eigenvalue weighted by molar-refractivity contribution is -0.384. The van der Waals surface area contributed by atoms with Crippen LogP contribution in [0.15, 0.2) is 47.4 Å². The van der Waals surface area contributed by atoms with Gasteiger partial charge in [-0.25, -0.2) is 21.9 Å². The molecule has 2 rings (SSSR count). The molecule has 0 saturated carbocycles. The van der Waals surface area contributed by atoms with Crippen LogP contribution in [0.3, 0.4) is 0 Å². The lowest BCUT2D eigenvalue weighted by Crippen LogP contribution is -2.32. The molecule has 128 valence electrons. The van der Waals surface area contributed by atoms with Crippen molar-refractivity contribution in [3.05, 3.63) is 69.8 Å². The zero-order valence-electron chi connectivity index (χ0n) is 12.1. The molecule has 0 radical (unpaired) electrons. The number of nitrogens with zero attached hydrogens (tertiary/aromatic N) is 1. The fraction of sp³-hybridized carbons (Fsp3) is 0.143. The minimum absolute atomic E-state index is 0.0391. The van der Waals surface area contributed by atoms with Crippen molar-refractivity contribution < 1.29 is 22.1 Å². The molecule has 0 saturated heterocycles. The molecule has 0 aromatic heterocycles. The Morgan fingerprint density at radius 2 is 1.79 bits per heavy atom. The Balaban J connectivity index is 2.10. The molecule has 1 atom stereocenters. The summed E-state index contributed by atoms with van der Waals surface area (Å²) in [5.41, 5.74) is 5.43. The van der Waals surface area contributed by atoms with Crippen molar-refractivity contribution in [1.29, 1.82) is 0 Å². The Kier molecular flexibility index (Phi) is 5.22. The summed E-state index contributed by atoms with van der Waals surface area (Å²) >= 11 is 0. The summed E-state index contributed by atoms with van der Waals surface area (Å²) < 4.78 is 52.8. The van der Waals surface area contributed by atoms with Gasteiger partial charge in [-0.3, -0.25) is 10.1 Å². The Labute approximate surface area is 136 Å². The number of nitro benzene ring substituents is 1. The minimum Gasteiger partial charge on any atom is -0.323 e. The van der Waals surface area contributed by atoms with E-state index in [0.29, 0.717) is 6.07 Å². The van der Waals surface area contributed by atoms with Crippen LogP contribution >= 0.6 is 0 Å². The van der Waals surface area contributed by atoms with E-state index in [2.05, 4.69) is 4.72 Å². The fourth-order valence-electron chi connectivity index (χ4n) is 1.94. The molecule has 24 heavy (non-hydrogen) atoms. The summed E-state index contributed by atoms with van der Waals surface area (Å²) in [4.78, 5) is 9.70. The molecule has 2 aromatic carbocycles. The molecule has 10 heteroatoms. The van der Waals surface area contributed by atoms with E-state index in [-0.39, 0.29) is 22.7 Å². The molecule has 0 heterocycles. The van der Waals surface area contributed by atoms with Gasteiger partial charge in [-0.15, -0.1) is 0 Å². The van der Waals surface area contributed by atoms with E-state index in [1.165, 1.54) is 0 Å². The normalized spacial score (nSPS) is 12.8. The molecular weight excluding hydrogens is 344 g/mol. The van der Waals surface area contributed by atoms with Crippen LogP contribution in [-0.4, -0.2) is 19.9 Å². The van der Waals surface area contributed by atoms with Crippen LogP contribution in [0.25, 0.3) is 0 Å². The highest BCUT2D eigenvalue weighted by atomic mass is 32.2. The first-order chi connectivity index (χ1) is 11.2. The molecule has 0 amide bonds. The van der Waals surface area contributed by atoms with Crippen molar-refractivity contribution in [1.82, 2.24) is 4.72 Å². The van der Waals surface area contributed by atoms with Gasteiger partial charge in [-0.2, -0.15) is 0 Å². The van der Waals surface area contributed by atoms with Crippen molar-refractivity contribution >= 4 is 15.7 Å². The number of hydrogen-bond acceptors (Lipinski definition) is 5. The van der Waals surface area contributed by atoms with Gasteiger partial charge in [0.15, 0.2) is 0 Å². The smallest absolute Gasteiger partial charge is 0.269 e. The Morgan fingerprint density at radius 3 is 2.33 bits per heavy atom. The molecular formula is C14H13F2N3O4S. The summed E-state index contributed by atoms with van der Waals surface area (Å²) in [5, 5.41) is 10.6. The van der Waals surface area contributed by atoms with E-state index in [1.54, 1.807) is 0 Å². The van der Waals surface area contributed by atoms with Crippen LogP contribution in [-0.2, 0) is 10.0 Å². The predicted molar refractivity (Wildman–Crippen MR) is 81.6 cm³/mol. The van der Waals surface area contributed by atoms with Gasteiger partial charge in [-0.1, -0.05) is 6.07 Å². The monoisotopic (exact) mass is 357 g/mol. The molecule has 0 bridgehead atoms. The zero-order valence-corrected chi connectivity index (χ0v) is 13.0. The van der Waals surface area contributed by atoms with Crippen molar-refractivity contribution in [2.24, 2.45) is 5.73 Å². The quantitative estimate of drug-likeness (QED) is 0.605. The average Bonchev–Trinajstić information content (AvgIpc) is 2.53. The SMILES string of the molecule is N[C@H](CNS(=O)(=O)c1ccc([N+](=O)[O-])cc1)c1ccc(F)cc1F. The van der Waals surface area contributed by atoms with E-state index in [9.17, 15) is 27.3 Å². The number of nitro groups is 1. The van der Waals surface area contributed by atoms with Gasteiger partial charge in [0.25, 0.3) is 5.69 Å². The maximum atomic E-state index is 13.6. The first-order valence-corrected chi connectivity index (χ1v) is 8.13. The lowest BCUT2D eigenvalue weighted by Gasteiger charge is -2.14. The second-order valence-corrected chi connectivity index (χ2v) is 6.64. The fourth-order valence-corrected chi connectivity index (χ4v) is 3.00. The summed E-state index contributed by atoms with van der Waals surface area (Å²) in [5.74, 6) is -1.65. The number of sulfonamides is 1. The van der Waals surface area contributed by atoms with Crippen LogP contribution in [0.5, 0.6) is 0 Å². The molecule has 0 aliphatic heterocycles. The van der Waals surface area contributed by atoms with Crippen LogP contribution < -0.4 is 10.5 Å². The average molecular weight is 357 g/mol. The Morgan fingerprint density at radius 1 is 1.17 bits per heavy atom. The number of rotatable bonds is 6. The van der Waals surface area contributed by atoms with Gasteiger partial charge < -0.3 is 5.73 Å². The summed E-state index contributed by atoms with van der Waals surface area (Å²) in [6.07, 6.45) is 0. The molecule has 0 aliphatic rings. The maximum Gasteiger partial charge on any atom is 0.269 e. The third kappa shape index (κ3) is 4.10. The second kappa shape index (κ2) is 6.99. The van der Waals surface area contributed by atoms with Crippen molar-refractivity contribution in [3.8, 4) is 0 Å². The predicted octanol–water partition coefficient (Wildman–Crippen LogP) is 1.85. The third-order valence-corrected chi connectivity index (χ3v) is 4.65. The number of nitrogens with two attached hydrogens (primary N) is 1. The lowest BCUT2D eigenvalue weighted by atomic mass is 10.1. The van der Waals surface area contributed by atoms with Crippen LogP contribution in [0.1, 0.15) is 11.6 Å². The molecule has 2 aromatic rings. The number of halogens is 2. The number of benzene rings is 2. The summed E-state index contributed by atoms with van der Waals surface area (Å²) in [6.45, 7) is -0.331. The molecule has 7 nitrogen and oxygen atoms in total. The Hall–Kier alpha value is -2.43. The molecule has 0 spiro atoms. The van der Waals surface area contributed by atoms with E-state index in [0.717, 1.165) is 36.4 Å².